The summed E-state index contributed by atoms with van der Waals surface area (Å²) in [6.45, 7) is 8.74. The normalized spacial score (nSPS) is 18.1. The number of nitrogens with two attached hydrogens (primary N) is 1. The molecule has 1 heterocycles. The van der Waals surface area contributed by atoms with Crippen LogP contribution in [0, 0.1) is 5.92 Å². The Kier molecular flexibility index (Phi) is 5.68. The molecule has 2 rings (SSSR count). The molecule has 0 bridgehead atoms. The van der Waals surface area contributed by atoms with Crippen molar-refractivity contribution < 1.29 is 4.74 Å². The highest BCUT2D eigenvalue weighted by Crippen LogP contribution is 2.20. The minimum atomic E-state index is 0.701. The van der Waals surface area contributed by atoms with Crippen molar-refractivity contribution in [2.24, 2.45) is 11.7 Å². The number of ether oxygens (including phenoxy) is 1. The Morgan fingerprint density at radius 3 is 2.35 bits per heavy atom. The van der Waals surface area contributed by atoms with E-state index in [0.717, 1.165) is 44.9 Å². The molecule has 4 heteroatoms. The number of nitrogens with zero attached hydrogens (tertiary/aromatic N) is 2. The van der Waals surface area contributed by atoms with E-state index in [2.05, 4.69) is 28.9 Å². The summed E-state index contributed by atoms with van der Waals surface area (Å²) in [6.07, 6.45) is 1.12. The summed E-state index contributed by atoms with van der Waals surface area (Å²) in [4.78, 5) is 5.00. The lowest BCUT2D eigenvalue weighted by molar-refractivity contribution is 0.221. The zero-order valence-electron chi connectivity index (χ0n) is 12.7. The van der Waals surface area contributed by atoms with Crippen molar-refractivity contribution in [2.45, 2.75) is 13.3 Å². The third kappa shape index (κ3) is 4.12. The maximum absolute atomic E-state index is 5.62. The highest BCUT2D eigenvalue weighted by molar-refractivity contribution is 5.49. The Morgan fingerprint density at radius 1 is 1.15 bits per heavy atom. The molecule has 0 saturated carbocycles. The van der Waals surface area contributed by atoms with Crippen LogP contribution in [0.25, 0.3) is 0 Å². The molecule has 0 spiro atoms. The van der Waals surface area contributed by atoms with Gasteiger partial charge in [0, 0.05) is 38.4 Å². The van der Waals surface area contributed by atoms with Gasteiger partial charge in [0.25, 0.3) is 0 Å². The second kappa shape index (κ2) is 7.50. The molecule has 1 aromatic carbocycles. The van der Waals surface area contributed by atoms with E-state index in [9.17, 15) is 0 Å². The van der Waals surface area contributed by atoms with Gasteiger partial charge in [-0.2, -0.15) is 0 Å². The largest absolute Gasteiger partial charge is 0.497 e. The standard InChI is InChI=1S/C16H27N3O/c1-14(7-8-17)13-18-9-11-19(12-10-18)15-3-5-16(20-2)6-4-15/h3-6,14H,7-13,17H2,1-2H3. The number of piperazine rings is 1. The number of hydrogen-bond acceptors (Lipinski definition) is 4. The van der Waals surface area contributed by atoms with Crippen molar-refractivity contribution >= 4 is 5.69 Å². The molecule has 1 aliphatic rings. The van der Waals surface area contributed by atoms with Crippen LogP contribution < -0.4 is 15.4 Å². The zero-order chi connectivity index (χ0) is 14.4. The van der Waals surface area contributed by atoms with E-state index >= 15 is 0 Å². The number of anilines is 1. The summed E-state index contributed by atoms with van der Waals surface area (Å²) < 4.78 is 5.20. The Morgan fingerprint density at radius 2 is 1.80 bits per heavy atom. The van der Waals surface area contributed by atoms with E-state index in [0.29, 0.717) is 5.92 Å². The van der Waals surface area contributed by atoms with E-state index in [4.69, 9.17) is 10.5 Å². The molecule has 1 aromatic rings. The average Bonchev–Trinajstić information content (AvgIpc) is 2.48. The fourth-order valence-electron chi connectivity index (χ4n) is 2.80. The van der Waals surface area contributed by atoms with Crippen LogP contribution in [0.15, 0.2) is 24.3 Å². The molecular weight excluding hydrogens is 250 g/mol. The van der Waals surface area contributed by atoms with Crippen LogP contribution >= 0.6 is 0 Å². The quantitative estimate of drug-likeness (QED) is 0.861. The van der Waals surface area contributed by atoms with Crippen molar-refractivity contribution in [1.29, 1.82) is 0 Å². The smallest absolute Gasteiger partial charge is 0.119 e. The van der Waals surface area contributed by atoms with Gasteiger partial charge in [-0.3, -0.25) is 4.90 Å². The molecule has 0 aliphatic carbocycles. The summed E-state index contributed by atoms with van der Waals surface area (Å²) in [5.41, 5.74) is 6.91. The lowest BCUT2D eigenvalue weighted by Gasteiger charge is -2.37. The molecule has 2 N–H and O–H groups in total. The monoisotopic (exact) mass is 277 g/mol. The molecular formula is C16H27N3O. The van der Waals surface area contributed by atoms with Crippen molar-refractivity contribution in [1.82, 2.24) is 4.90 Å². The number of rotatable bonds is 6. The van der Waals surface area contributed by atoms with E-state index < -0.39 is 0 Å². The second-order valence-corrected chi connectivity index (χ2v) is 5.67. The minimum Gasteiger partial charge on any atom is -0.497 e. The number of benzene rings is 1. The van der Waals surface area contributed by atoms with Crippen LogP contribution in [-0.2, 0) is 0 Å². The fourth-order valence-corrected chi connectivity index (χ4v) is 2.80. The zero-order valence-corrected chi connectivity index (χ0v) is 12.7. The first-order valence-corrected chi connectivity index (χ1v) is 7.54. The molecule has 1 unspecified atom stereocenters. The van der Waals surface area contributed by atoms with Crippen molar-refractivity contribution in [3.63, 3.8) is 0 Å². The lowest BCUT2D eigenvalue weighted by atomic mass is 10.1. The molecule has 0 aromatic heterocycles. The Labute approximate surface area is 122 Å². The highest BCUT2D eigenvalue weighted by Gasteiger charge is 2.18. The van der Waals surface area contributed by atoms with Gasteiger partial charge >= 0.3 is 0 Å². The van der Waals surface area contributed by atoms with Crippen LogP contribution in [0.2, 0.25) is 0 Å². The summed E-state index contributed by atoms with van der Waals surface area (Å²) in [5.74, 6) is 1.62. The van der Waals surface area contributed by atoms with Crippen LogP contribution in [0.1, 0.15) is 13.3 Å². The second-order valence-electron chi connectivity index (χ2n) is 5.67. The van der Waals surface area contributed by atoms with Crippen molar-refractivity contribution in [3.8, 4) is 5.75 Å². The third-order valence-electron chi connectivity index (χ3n) is 4.04. The van der Waals surface area contributed by atoms with Gasteiger partial charge in [0.1, 0.15) is 5.75 Å². The van der Waals surface area contributed by atoms with E-state index in [1.54, 1.807) is 7.11 Å². The first-order chi connectivity index (χ1) is 9.72. The van der Waals surface area contributed by atoms with Gasteiger partial charge < -0.3 is 15.4 Å². The topological polar surface area (TPSA) is 41.7 Å². The van der Waals surface area contributed by atoms with E-state index in [1.807, 2.05) is 12.1 Å². The first-order valence-electron chi connectivity index (χ1n) is 7.54. The summed E-state index contributed by atoms with van der Waals surface area (Å²) in [7, 11) is 1.70. The van der Waals surface area contributed by atoms with Crippen LogP contribution in [0.3, 0.4) is 0 Å². The van der Waals surface area contributed by atoms with Gasteiger partial charge in [0.05, 0.1) is 7.11 Å². The SMILES string of the molecule is COc1ccc(N2CCN(CC(C)CCN)CC2)cc1. The summed E-state index contributed by atoms with van der Waals surface area (Å²) >= 11 is 0. The maximum Gasteiger partial charge on any atom is 0.119 e. The number of methoxy groups -OCH3 is 1. The number of hydrogen-bond donors (Lipinski definition) is 1. The molecule has 1 atom stereocenters. The Bertz CT molecular complexity index is 385. The molecule has 1 aliphatic heterocycles. The van der Waals surface area contributed by atoms with E-state index in [-0.39, 0.29) is 0 Å². The van der Waals surface area contributed by atoms with Gasteiger partial charge in [0.15, 0.2) is 0 Å². The molecule has 20 heavy (non-hydrogen) atoms. The van der Waals surface area contributed by atoms with Gasteiger partial charge in [-0.05, 0) is 43.1 Å². The molecule has 4 nitrogen and oxygen atoms in total. The van der Waals surface area contributed by atoms with Crippen molar-refractivity contribution in [2.75, 3.05) is 51.3 Å². The minimum absolute atomic E-state index is 0.701. The molecule has 112 valence electrons. The predicted molar refractivity (Wildman–Crippen MR) is 84.5 cm³/mol. The summed E-state index contributed by atoms with van der Waals surface area (Å²) in [5, 5.41) is 0. The maximum atomic E-state index is 5.62. The highest BCUT2D eigenvalue weighted by atomic mass is 16.5. The molecule has 0 amide bonds. The van der Waals surface area contributed by atoms with Gasteiger partial charge in [0.2, 0.25) is 0 Å². The van der Waals surface area contributed by atoms with Crippen LogP contribution in [0.5, 0.6) is 5.75 Å². The third-order valence-corrected chi connectivity index (χ3v) is 4.04. The lowest BCUT2D eigenvalue weighted by Crippen LogP contribution is -2.47. The first kappa shape index (κ1) is 15.1. The predicted octanol–water partition coefficient (Wildman–Crippen LogP) is 1.80. The average molecular weight is 277 g/mol. The van der Waals surface area contributed by atoms with Crippen molar-refractivity contribution in [3.05, 3.63) is 24.3 Å². The van der Waals surface area contributed by atoms with E-state index in [1.165, 1.54) is 12.2 Å². The van der Waals surface area contributed by atoms with Gasteiger partial charge in [-0.1, -0.05) is 6.92 Å². The molecule has 1 saturated heterocycles. The Hall–Kier alpha value is -1.26. The fraction of sp³-hybridized carbons (Fsp3) is 0.625. The van der Waals surface area contributed by atoms with Gasteiger partial charge in [-0.15, -0.1) is 0 Å². The van der Waals surface area contributed by atoms with Gasteiger partial charge in [-0.25, -0.2) is 0 Å². The van der Waals surface area contributed by atoms with Crippen LogP contribution in [0.4, 0.5) is 5.69 Å². The molecule has 0 radical (unpaired) electrons. The Balaban J connectivity index is 1.81. The van der Waals surface area contributed by atoms with Crippen LogP contribution in [-0.4, -0.2) is 51.3 Å². The molecule has 1 fully saturated rings. The summed E-state index contributed by atoms with van der Waals surface area (Å²) in [6, 6.07) is 8.35.